The standard InChI is InChI=1S/C30H28N7O9P/c1-2-30(46-47(41,42)44-12-22-21(38)9-23(45-22)37-14-34-27-25(37)26(31)32-13-33-27)18-8-20-24-16(7-15-5-3-4-6-19(15)35-24)10-36(20)28(39)17(18)11-43-29(30)40/h3-8,13-14,21-23,38H,2,9-12H2,1H3,(H,41,42)(H2,31,32,33)/t21-,22+,23+,30-/m0/s1. The highest BCUT2D eigenvalue weighted by Crippen LogP contribution is 2.54. The number of anilines is 1. The fraction of sp³-hybridized carbons (Fsp3) is 0.333. The van der Waals surface area contributed by atoms with Crippen LogP contribution in [0.4, 0.5) is 5.82 Å². The predicted molar refractivity (Wildman–Crippen MR) is 163 cm³/mol. The first kappa shape index (κ1) is 29.8. The Balaban J connectivity index is 1.07. The molecule has 1 fully saturated rings. The van der Waals surface area contributed by atoms with Gasteiger partial charge in [-0.15, -0.1) is 0 Å². The van der Waals surface area contributed by atoms with Crippen LogP contribution in [0.15, 0.2) is 53.8 Å². The fourth-order valence-electron chi connectivity index (χ4n) is 6.61. The number of pyridine rings is 2. The Labute approximate surface area is 265 Å². The largest absolute Gasteiger partial charge is 0.473 e. The highest BCUT2D eigenvalue weighted by atomic mass is 31.2. The summed E-state index contributed by atoms with van der Waals surface area (Å²) in [5.74, 6) is -0.774. The number of benzene rings is 1. The molecule has 47 heavy (non-hydrogen) atoms. The number of nitrogens with two attached hydrogens (primary N) is 1. The Bertz CT molecular complexity index is 2220. The number of aromatic nitrogens is 6. The van der Waals surface area contributed by atoms with E-state index in [1.165, 1.54) is 12.7 Å². The number of aliphatic hydroxyl groups is 1. The van der Waals surface area contributed by atoms with Gasteiger partial charge < -0.3 is 29.8 Å². The first-order valence-electron chi connectivity index (χ1n) is 14.9. The Kier molecular flexibility index (Phi) is 6.81. The molecular formula is C30H28N7O9P. The highest BCUT2D eigenvalue weighted by molar-refractivity contribution is 7.47. The Morgan fingerprint density at radius 1 is 1.19 bits per heavy atom. The summed E-state index contributed by atoms with van der Waals surface area (Å²) >= 11 is 0. The second-order valence-electron chi connectivity index (χ2n) is 11.6. The average Bonchev–Trinajstić information content (AvgIpc) is 3.76. The van der Waals surface area contributed by atoms with Crippen LogP contribution in [0.3, 0.4) is 0 Å². The van der Waals surface area contributed by atoms with E-state index in [4.69, 9.17) is 29.2 Å². The number of aliphatic hydroxyl groups excluding tert-OH is 1. The average molecular weight is 662 g/mol. The third-order valence-corrected chi connectivity index (χ3v) is 9.98. The van der Waals surface area contributed by atoms with E-state index in [-0.39, 0.29) is 42.9 Å². The molecule has 1 saturated heterocycles. The third-order valence-electron chi connectivity index (χ3n) is 8.97. The van der Waals surface area contributed by atoms with Gasteiger partial charge in [0.1, 0.15) is 30.8 Å². The van der Waals surface area contributed by atoms with Gasteiger partial charge in [-0.1, -0.05) is 25.1 Å². The van der Waals surface area contributed by atoms with Gasteiger partial charge in [-0.3, -0.25) is 18.4 Å². The van der Waals surface area contributed by atoms with E-state index in [9.17, 15) is 24.2 Å². The molecule has 1 aromatic carbocycles. The molecule has 0 bridgehead atoms. The second kappa shape index (κ2) is 10.7. The number of nitrogens with zero attached hydrogens (tertiary/aromatic N) is 6. The molecule has 8 rings (SSSR count). The minimum absolute atomic E-state index is 0.0862. The van der Waals surface area contributed by atoms with Crippen molar-refractivity contribution in [1.82, 2.24) is 29.1 Å². The molecule has 5 aromatic rings. The summed E-state index contributed by atoms with van der Waals surface area (Å²) in [5.41, 5.74) is 6.98. The molecule has 0 radical (unpaired) electrons. The lowest BCUT2D eigenvalue weighted by atomic mass is 9.86. The smallest absolute Gasteiger partial charge is 0.458 e. The van der Waals surface area contributed by atoms with Gasteiger partial charge in [0.05, 0.1) is 48.1 Å². The van der Waals surface area contributed by atoms with E-state index in [1.807, 2.05) is 30.3 Å². The zero-order valence-electron chi connectivity index (χ0n) is 24.8. The van der Waals surface area contributed by atoms with Crippen LogP contribution in [-0.2, 0) is 46.6 Å². The fourth-order valence-corrected chi connectivity index (χ4v) is 7.69. The molecule has 7 heterocycles. The maximum absolute atomic E-state index is 13.8. The van der Waals surface area contributed by atoms with Gasteiger partial charge in [0, 0.05) is 22.9 Å². The number of nitrogen functional groups attached to an aromatic ring is 1. The van der Waals surface area contributed by atoms with E-state index in [0.717, 1.165) is 16.5 Å². The SMILES string of the molecule is CC[C@@]1(OP(=O)(O)OC[C@H]2O[C@@H](n3cnc4ncnc(N)c43)C[C@@H]2O)C(=O)OCc2c1cc1n(c2=O)Cc2cc3ccccc3nc2-1. The normalized spacial score (nSPS) is 24.6. The van der Waals surface area contributed by atoms with Crippen molar-refractivity contribution < 1.29 is 37.9 Å². The first-order valence-corrected chi connectivity index (χ1v) is 16.4. The van der Waals surface area contributed by atoms with E-state index >= 15 is 0 Å². The van der Waals surface area contributed by atoms with E-state index < -0.39 is 50.0 Å². The molecule has 5 atom stereocenters. The number of imidazole rings is 1. The quantitative estimate of drug-likeness (QED) is 0.165. The minimum Gasteiger partial charge on any atom is -0.458 e. The van der Waals surface area contributed by atoms with E-state index in [0.29, 0.717) is 22.6 Å². The molecule has 1 unspecified atom stereocenters. The molecule has 4 N–H and O–H groups in total. The molecule has 16 nitrogen and oxygen atoms in total. The summed E-state index contributed by atoms with van der Waals surface area (Å²) in [7, 11) is -5.05. The second-order valence-corrected chi connectivity index (χ2v) is 13.0. The topological polar surface area (TPSA) is 216 Å². The number of fused-ring (bicyclic) bond motifs is 6. The number of ether oxygens (including phenoxy) is 2. The molecule has 0 spiro atoms. The zero-order chi connectivity index (χ0) is 32.7. The molecule has 17 heteroatoms. The van der Waals surface area contributed by atoms with Gasteiger partial charge in [0.2, 0.25) is 5.60 Å². The van der Waals surface area contributed by atoms with Gasteiger partial charge in [0.15, 0.2) is 11.5 Å². The summed E-state index contributed by atoms with van der Waals surface area (Å²) in [5, 5.41) is 11.6. The van der Waals surface area contributed by atoms with Crippen LogP contribution in [-0.4, -0.2) is 63.9 Å². The zero-order valence-corrected chi connectivity index (χ0v) is 25.7. The molecule has 0 amide bonds. The van der Waals surface area contributed by atoms with Crippen molar-refractivity contribution >= 4 is 41.7 Å². The number of rotatable bonds is 7. The number of phosphoric acid groups is 1. The van der Waals surface area contributed by atoms with Crippen LogP contribution in [0, 0.1) is 0 Å². The first-order chi connectivity index (χ1) is 22.6. The predicted octanol–water partition coefficient (Wildman–Crippen LogP) is 2.29. The number of cyclic esters (lactones) is 1. The molecule has 4 aromatic heterocycles. The Morgan fingerprint density at radius 2 is 2.02 bits per heavy atom. The summed E-state index contributed by atoms with van der Waals surface area (Å²) in [4.78, 5) is 55.1. The van der Waals surface area contributed by atoms with Crippen LogP contribution in [0.1, 0.15) is 42.7 Å². The molecule has 3 aliphatic rings. The summed E-state index contributed by atoms with van der Waals surface area (Å²) in [6, 6.07) is 11.1. The minimum atomic E-state index is -5.05. The maximum atomic E-state index is 13.8. The van der Waals surface area contributed by atoms with Crippen molar-refractivity contribution in [2.24, 2.45) is 0 Å². The van der Waals surface area contributed by atoms with Gasteiger partial charge in [-0.2, -0.15) is 0 Å². The lowest BCUT2D eigenvalue weighted by Gasteiger charge is -2.36. The maximum Gasteiger partial charge on any atom is 0.473 e. The van der Waals surface area contributed by atoms with Crippen molar-refractivity contribution in [2.75, 3.05) is 12.3 Å². The Hall–Kier alpha value is -4.57. The van der Waals surface area contributed by atoms with Crippen LogP contribution >= 0.6 is 7.82 Å². The lowest BCUT2D eigenvalue weighted by molar-refractivity contribution is -0.171. The molecule has 3 aliphatic heterocycles. The van der Waals surface area contributed by atoms with Crippen molar-refractivity contribution in [3.63, 3.8) is 0 Å². The molecular weight excluding hydrogens is 633 g/mol. The number of para-hydroxylation sites is 1. The van der Waals surface area contributed by atoms with Crippen LogP contribution in [0.5, 0.6) is 0 Å². The van der Waals surface area contributed by atoms with Crippen LogP contribution < -0.4 is 11.3 Å². The van der Waals surface area contributed by atoms with Crippen molar-refractivity contribution in [2.45, 2.75) is 57.0 Å². The van der Waals surface area contributed by atoms with Gasteiger partial charge in [-0.25, -0.2) is 29.3 Å². The monoisotopic (exact) mass is 661 g/mol. The number of esters is 1. The van der Waals surface area contributed by atoms with Crippen molar-refractivity contribution in [3.05, 3.63) is 76.1 Å². The number of phosphoric ester groups is 1. The lowest BCUT2D eigenvalue weighted by Crippen LogP contribution is -2.46. The number of carbonyl (C=O) groups is 1. The summed E-state index contributed by atoms with van der Waals surface area (Å²) in [6.45, 7) is 0.940. The molecule has 0 aliphatic carbocycles. The van der Waals surface area contributed by atoms with Crippen LogP contribution in [0.2, 0.25) is 0 Å². The highest BCUT2D eigenvalue weighted by Gasteiger charge is 2.53. The van der Waals surface area contributed by atoms with Gasteiger partial charge in [-0.05, 0) is 24.6 Å². The van der Waals surface area contributed by atoms with Crippen molar-refractivity contribution in [3.8, 4) is 11.4 Å². The number of carbonyl (C=O) groups excluding carboxylic acids is 1. The van der Waals surface area contributed by atoms with Gasteiger partial charge >= 0.3 is 13.8 Å². The third kappa shape index (κ3) is 4.67. The number of hydrogen-bond donors (Lipinski definition) is 3. The van der Waals surface area contributed by atoms with Gasteiger partial charge in [0.25, 0.3) is 5.56 Å². The molecule has 242 valence electrons. The van der Waals surface area contributed by atoms with Crippen molar-refractivity contribution in [1.29, 1.82) is 0 Å². The van der Waals surface area contributed by atoms with E-state index in [2.05, 4.69) is 15.0 Å². The van der Waals surface area contributed by atoms with E-state index in [1.54, 1.807) is 22.1 Å². The molecule has 0 saturated carbocycles. The summed E-state index contributed by atoms with van der Waals surface area (Å²) in [6.07, 6.45) is -0.251. The van der Waals surface area contributed by atoms with Crippen LogP contribution in [0.25, 0.3) is 33.5 Å². The Morgan fingerprint density at radius 3 is 2.85 bits per heavy atom. The summed E-state index contributed by atoms with van der Waals surface area (Å²) < 4.78 is 38.8. The number of hydrogen-bond acceptors (Lipinski definition) is 13.